The number of rotatable bonds is 6. The Hall–Kier alpha value is -3.97. The zero-order valence-electron chi connectivity index (χ0n) is 18.9. The van der Waals surface area contributed by atoms with Crippen LogP contribution in [0.5, 0.6) is 5.75 Å². The van der Waals surface area contributed by atoms with Crippen molar-refractivity contribution in [3.05, 3.63) is 98.4 Å². The molecule has 0 saturated heterocycles. The maximum absolute atomic E-state index is 13.2. The molecule has 1 N–H and O–H groups in total. The van der Waals surface area contributed by atoms with Gasteiger partial charge in [-0.3, -0.25) is 14.4 Å². The number of hydrogen-bond acceptors (Lipinski definition) is 5. The minimum atomic E-state index is -0.449. The molecule has 0 unspecified atom stereocenters. The predicted molar refractivity (Wildman–Crippen MR) is 132 cm³/mol. The van der Waals surface area contributed by atoms with Gasteiger partial charge in [-0.15, -0.1) is 0 Å². The lowest BCUT2D eigenvalue weighted by atomic mass is 10.0. The number of aromatic nitrogens is 2. The first-order chi connectivity index (χ1) is 16.3. The number of aryl methyl sites for hydroxylation is 2. The second-order valence-electron chi connectivity index (χ2n) is 7.89. The van der Waals surface area contributed by atoms with Crippen LogP contribution in [0.3, 0.4) is 0 Å². The number of carbonyl (C=O) groups is 2. The molecule has 2 aromatic carbocycles. The van der Waals surface area contributed by atoms with Gasteiger partial charge < -0.3 is 14.6 Å². The van der Waals surface area contributed by atoms with Crippen molar-refractivity contribution in [3.63, 3.8) is 0 Å². The van der Waals surface area contributed by atoms with Crippen molar-refractivity contribution < 1.29 is 14.3 Å². The number of carbonyl (C=O) groups excluding carboxylic acids is 2. The van der Waals surface area contributed by atoms with Crippen LogP contribution in [0.1, 0.15) is 27.2 Å². The first kappa shape index (κ1) is 23.2. The van der Waals surface area contributed by atoms with Gasteiger partial charge in [-0.1, -0.05) is 17.7 Å². The summed E-state index contributed by atoms with van der Waals surface area (Å²) in [5, 5.41) is 3.60. The van der Waals surface area contributed by atoms with Crippen LogP contribution in [-0.2, 0) is 11.3 Å². The molecule has 0 saturated carbocycles. The van der Waals surface area contributed by atoms with E-state index in [-0.39, 0.29) is 23.4 Å². The van der Waals surface area contributed by atoms with Gasteiger partial charge in [-0.25, -0.2) is 4.98 Å². The quantitative estimate of drug-likeness (QED) is 0.413. The van der Waals surface area contributed by atoms with Crippen molar-refractivity contribution >= 4 is 40.0 Å². The first-order valence-corrected chi connectivity index (χ1v) is 10.9. The molecule has 0 fully saturated rings. The van der Waals surface area contributed by atoms with Crippen molar-refractivity contribution in [1.29, 1.82) is 0 Å². The van der Waals surface area contributed by atoms with E-state index in [2.05, 4.69) is 10.3 Å². The molecule has 2 heterocycles. The number of nitrogens with zero attached hydrogens (tertiary/aromatic N) is 2. The van der Waals surface area contributed by atoms with E-state index in [0.29, 0.717) is 33.4 Å². The van der Waals surface area contributed by atoms with E-state index >= 15 is 0 Å². The Morgan fingerprint density at radius 3 is 2.47 bits per heavy atom. The molecule has 172 valence electrons. The Kier molecular flexibility index (Phi) is 6.47. The van der Waals surface area contributed by atoms with E-state index in [9.17, 15) is 14.4 Å². The number of fused-ring (bicyclic) bond motifs is 1. The number of anilines is 1. The molecule has 0 atom stereocenters. The van der Waals surface area contributed by atoms with Crippen molar-refractivity contribution in [2.75, 3.05) is 12.4 Å². The van der Waals surface area contributed by atoms with Crippen LogP contribution in [0.15, 0.2) is 65.6 Å². The summed E-state index contributed by atoms with van der Waals surface area (Å²) in [5.74, 6) is -0.203. The van der Waals surface area contributed by atoms with Crippen LogP contribution in [-0.4, -0.2) is 28.4 Å². The van der Waals surface area contributed by atoms with Crippen LogP contribution in [0, 0.1) is 13.8 Å². The van der Waals surface area contributed by atoms with Crippen molar-refractivity contribution in [2.45, 2.75) is 20.4 Å². The van der Waals surface area contributed by atoms with Gasteiger partial charge in [0.05, 0.1) is 18.1 Å². The molecule has 0 bridgehead atoms. The van der Waals surface area contributed by atoms with Crippen LogP contribution in [0.25, 0.3) is 11.0 Å². The van der Waals surface area contributed by atoms with Gasteiger partial charge in [0.2, 0.25) is 11.3 Å². The van der Waals surface area contributed by atoms with Crippen LogP contribution in [0.2, 0.25) is 5.02 Å². The summed E-state index contributed by atoms with van der Waals surface area (Å²) in [6.45, 7) is 3.51. The number of methoxy groups -OCH3 is 1. The lowest BCUT2D eigenvalue weighted by Crippen LogP contribution is -2.25. The summed E-state index contributed by atoms with van der Waals surface area (Å²) in [6.07, 6.45) is 1.39. The minimum Gasteiger partial charge on any atom is -0.497 e. The van der Waals surface area contributed by atoms with E-state index in [4.69, 9.17) is 16.3 Å². The minimum absolute atomic E-state index is 0.0468. The van der Waals surface area contributed by atoms with Crippen LogP contribution < -0.4 is 15.5 Å². The Bertz CT molecular complexity index is 1480. The third-order valence-electron chi connectivity index (χ3n) is 5.43. The molecule has 0 aliphatic carbocycles. The molecule has 2 aromatic heterocycles. The van der Waals surface area contributed by atoms with Crippen molar-refractivity contribution in [1.82, 2.24) is 9.55 Å². The smallest absolute Gasteiger partial charge is 0.244 e. The molecule has 1 amide bonds. The Morgan fingerprint density at radius 2 is 1.79 bits per heavy atom. The predicted octanol–water partition coefficient (Wildman–Crippen LogP) is 4.55. The van der Waals surface area contributed by atoms with Crippen molar-refractivity contribution in [3.8, 4) is 5.75 Å². The Morgan fingerprint density at radius 1 is 1.06 bits per heavy atom. The largest absolute Gasteiger partial charge is 0.497 e. The van der Waals surface area contributed by atoms with Gasteiger partial charge >= 0.3 is 0 Å². The number of benzene rings is 2. The summed E-state index contributed by atoms with van der Waals surface area (Å²) in [5.41, 5.74) is 2.30. The molecule has 4 rings (SSSR count). The van der Waals surface area contributed by atoms with E-state index in [1.54, 1.807) is 55.5 Å². The number of halogens is 1. The van der Waals surface area contributed by atoms with Gasteiger partial charge in [0, 0.05) is 28.2 Å². The summed E-state index contributed by atoms with van der Waals surface area (Å²) in [6, 6.07) is 15.0. The Balaban J connectivity index is 1.74. The van der Waals surface area contributed by atoms with E-state index < -0.39 is 11.2 Å². The Labute approximate surface area is 201 Å². The number of pyridine rings is 2. The molecule has 0 radical (unpaired) electrons. The lowest BCUT2D eigenvalue weighted by Gasteiger charge is -2.14. The zero-order chi connectivity index (χ0) is 24.4. The molecular formula is C26H22ClN3O4. The average molecular weight is 476 g/mol. The molecule has 8 heteroatoms. The van der Waals surface area contributed by atoms with E-state index in [0.717, 1.165) is 5.56 Å². The van der Waals surface area contributed by atoms with E-state index in [1.165, 1.54) is 17.9 Å². The fraction of sp³-hybridized carbons (Fsp3) is 0.154. The molecule has 7 nitrogen and oxygen atoms in total. The van der Waals surface area contributed by atoms with Crippen LogP contribution in [0.4, 0.5) is 5.69 Å². The second-order valence-corrected chi connectivity index (χ2v) is 8.30. The highest BCUT2D eigenvalue weighted by atomic mass is 35.5. The normalized spacial score (nSPS) is 10.8. The van der Waals surface area contributed by atoms with Gasteiger partial charge in [0.1, 0.15) is 17.9 Å². The number of ketones is 1. The number of hydrogen-bond donors (Lipinski definition) is 1. The standard InChI is InChI=1S/C26H22ClN3O4/c1-15-4-8-18(12-22(15)27)29-23(31)14-30-13-21(24(32)17-6-9-19(34-3)10-7-17)25(33)20-11-5-16(2)28-26(20)30/h4-13H,14H2,1-3H3,(H,29,31). The fourth-order valence-corrected chi connectivity index (χ4v) is 3.75. The van der Waals surface area contributed by atoms with Crippen LogP contribution >= 0.6 is 11.6 Å². The average Bonchev–Trinajstić information content (AvgIpc) is 2.82. The summed E-state index contributed by atoms with van der Waals surface area (Å²) >= 11 is 6.16. The maximum Gasteiger partial charge on any atom is 0.244 e. The van der Waals surface area contributed by atoms with Gasteiger partial charge in [0.15, 0.2) is 5.78 Å². The first-order valence-electron chi connectivity index (χ1n) is 10.5. The monoisotopic (exact) mass is 475 g/mol. The highest BCUT2D eigenvalue weighted by Gasteiger charge is 2.19. The third-order valence-corrected chi connectivity index (χ3v) is 5.83. The lowest BCUT2D eigenvalue weighted by molar-refractivity contribution is -0.116. The molecule has 4 aromatic rings. The summed E-state index contributed by atoms with van der Waals surface area (Å²) in [4.78, 5) is 43.6. The van der Waals surface area contributed by atoms with Gasteiger partial charge in [-0.05, 0) is 67.9 Å². The molecule has 0 aliphatic rings. The maximum atomic E-state index is 13.2. The molecule has 34 heavy (non-hydrogen) atoms. The van der Waals surface area contributed by atoms with Gasteiger partial charge in [0.25, 0.3) is 0 Å². The number of nitrogens with one attached hydrogen (secondary N) is 1. The number of amides is 1. The zero-order valence-corrected chi connectivity index (χ0v) is 19.6. The van der Waals surface area contributed by atoms with E-state index in [1.807, 2.05) is 13.0 Å². The second kappa shape index (κ2) is 9.49. The summed E-state index contributed by atoms with van der Waals surface area (Å²) < 4.78 is 6.65. The topological polar surface area (TPSA) is 90.3 Å². The SMILES string of the molecule is COc1ccc(C(=O)c2cn(CC(=O)Nc3ccc(C)c(Cl)c3)c3nc(C)ccc3c2=O)cc1. The summed E-state index contributed by atoms with van der Waals surface area (Å²) in [7, 11) is 1.53. The van der Waals surface area contributed by atoms with Gasteiger partial charge in [-0.2, -0.15) is 0 Å². The van der Waals surface area contributed by atoms with Crippen molar-refractivity contribution in [2.24, 2.45) is 0 Å². The third kappa shape index (κ3) is 4.70. The number of ether oxygens (including phenoxy) is 1. The highest BCUT2D eigenvalue weighted by molar-refractivity contribution is 6.31. The molecular weight excluding hydrogens is 454 g/mol. The molecule has 0 spiro atoms. The highest BCUT2D eigenvalue weighted by Crippen LogP contribution is 2.21. The molecule has 0 aliphatic heterocycles. The fourth-order valence-electron chi connectivity index (χ4n) is 3.57.